The van der Waals surface area contributed by atoms with Crippen molar-refractivity contribution in [1.29, 1.82) is 0 Å². The Bertz CT molecular complexity index is 3590. The molecule has 0 atom stereocenters. The highest BCUT2D eigenvalue weighted by atomic mass is 16.3. The quantitative estimate of drug-likeness (QED) is 0.169. The van der Waals surface area contributed by atoms with E-state index in [0.29, 0.717) is 17.5 Å². The van der Waals surface area contributed by atoms with Gasteiger partial charge in [-0.25, -0.2) is 15.0 Å². The molecule has 0 saturated heterocycles. The minimum absolute atomic E-state index is 0.555. The number of fused-ring (bicyclic) bond motifs is 7. The fourth-order valence-electron chi connectivity index (χ4n) is 8.78. The molecule has 0 aliphatic heterocycles. The lowest BCUT2D eigenvalue weighted by Gasteiger charge is -2.14. The first-order chi connectivity index (χ1) is 29.7. The van der Waals surface area contributed by atoms with Crippen molar-refractivity contribution < 1.29 is 8.83 Å². The van der Waals surface area contributed by atoms with Crippen LogP contribution in [0.4, 0.5) is 0 Å². The van der Waals surface area contributed by atoms with Gasteiger partial charge < -0.3 is 8.83 Å². The van der Waals surface area contributed by atoms with E-state index in [0.717, 1.165) is 88.2 Å². The molecule has 0 unspecified atom stereocenters. The predicted octanol–water partition coefficient (Wildman–Crippen LogP) is 14.8. The van der Waals surface area contributed by atoms with Gasteiger partial charge in [0.25, 0.3) is 0 Å². The molecule has 0 aliphatic rings. The summed E-state index contributed by atoms with van der Waals surface area (Å²) >= 11 is 0. The zero-order valence-electron chi connectivity index (χ0n) is 32.2. The molecule has 60 heavy (non-hydrogen) atoms. The first-order valence-corrected chi connectivity index (χ1v) is 20.1. The van der Waals surface area contributed by atoms with Crippen LogP contribution in [0.2, 0.25) is 0 Å². The van der Waals surface area contributed by atoms with Crippen LogP contribution in [-0.4, -0.2) is 15.0 Å². The molecule has 0 saturated carbocycles. The van der Waals surface area contributed by atoms with E-state index in [-0.39, 0.29) is 0 Å². The third kappa shape index (κ3) is 5.52. The first kappa shape index (κ1) is 33.9. The van der Waals surface area contributed by atoms with Crippen LogP contribution in [0.25, 0.3) is 122 Å². The average molecular weight is 768 g/mol. The molecule has 0 N–H and O–H groups in total. The highest BCUT2D eigenvalue weighted by Gasteiger charge is 2.23. The Hall–Kier alpha value is -8.15. The van der Waals surface area contributed by atoms with Crippen LogP contribution in [-0.2, 0) is 0 Å². The van der Waals surface area contributed by atoms with Crippen molar-refractivity contribution >= 4 is 54.6 Å². The standard InChI is InChI=1S/C55H33N3O2/c1-3-14-34(15-4-1)35-26-28-37(29-27-35)53-56-54(45-22-13-25-49-50(45)43-20-9-11-23-47(43)59-49)58-55(57-53)46-33-32-42(52-51(46)44-21-10-12-24-48(44)60-52)41-31-30-38(36-16-5-2-6-17-36)39-18-7-8-19-40(39)41/h1-33H. The van der Waals surface area contributed by atoms with Crippen LogP contribution in [0.3, 0.4) is 0 Å². The van der Waals surface area contributed by atoms with Gasteiger partial charge in [-0.1, -0.05) is 170 Å². The van der Waals surface area contributed by atoms with E-state index < -0.39 is 0 Å². The van der Waals surface area contributed by atoms with E-state index in [1.807, 2.05) is 48.5 Å². The summed E-state index contributed by atoms with van der Waals surface area (Å²) in [5.74, 6) is 1.69. The third-order valence-electron chi connectivity index (χ3n) is 11.6. The van der Waals surface area contributed by atoms with Gasteiger partial charge in [0.2, 0.25) is 0 Å². The molecule has 9 aromatic carbocycles. The van der Waals surface area contributed by atoms with Crippen LogP contribution >= 0.6 is 0 Å². The minimum Gasteiger partial charge on any atom is -0.456 e. The molecule has 3 aromatic heterocycles. The Kier molecular flexibility index (Phi) is 7.78. The number of para-hydroxylation sites is 2. The Morgan fingerprint density at radius 3 is 1.43 bits per heavy atom. The van der Waals surface area contributed by atoms with Crippen molar-refractivity contribution in [3.8, 4) is 67.5 Å². The zero-order chi connectivity index (χ0) is 39.6. The average Bonchev–Trinajstić information content (AvgIpc) is 3.91. The highest BCUT2D eigenvalue weighted by molar-refractivity contribution is 6.18. The predicted molar refractivity (Wildman–Crippen MR) is 245 cm³/mol. The maximum atomic E-state index is 6.86. The van der Waals surface area contributed by atoms with Crippen LogP contribution < -0.4 is 0 Å². The highest BCUT2D eigenvalue weighted by Crippen LogP contribution is 2.45. The lowest BCUT2D eigenvalue weighted by atomic mass is 9.90. The molecule has 5 nitrogen and oxygen atoms in total. The van der Waals surface area contributed by atoms with E-state index >= 15 is 0 Å². The summed E-state index contributed by atoms with van der Waals surface area (Å²) in [6, 6.07) is 69.2. The summed E-state index contributed by atoms with van der Waals surface area (Å²) < 4.78 is 13.2. The Balaban J connectivity index is 1.10. The van der Waals surface area contributed by atoms with Gasteiger partial charge in [-0.15, -0.1) is 0 Å². The maximum Gasteiger partial charge on any atom is 0.164 e. The van der Waals surface area contributed by atoms with Gasteiger partial charge in [-0.2, -0.15) is 0 Å². The van der Waals surface area contributed by atoms with Crippen LogP contribution in [0.15, 0.2) is 209 Å². The second kappa shape index (κ2) is 13.8. The van der Waals surface area contributed by atoms with Gasteiger partial charge in [0.1, 0.15) is 22.3 Å². The van der Waals surface area contributed by atoms with Crippen molar-refractivity contribution in [3.63, 3.8) is 0 Å². The fraction of sp³-hybridized carbons (Fsp3) is 0. The molecule has 0 spiro atoms. The topological polar surface area (TPSA) is 65.0 Å². The number of rotatable bonds is 6. The number of hydrogen-bond donors (Lipinski definition) is 0. The largest absolute Gasteiger partial charge is 0.456 e. The molecule has 0 fully saturated rings. The normalized spacial score (nSPS) is 11.7. The van der Waals surface area contributed by atoms with E-state index in [9.17, 15) is 0 Å². The van der Waals surface area contributed by atoms with Gasteiger partial charge in [-0.3, -0.25) is 0 Å². The first-order valence-electron chi connectivity index (χ1n) is 20.1. The lowest BCUT2D eigenvalue weighted by Crippen LogP contribution is -2.01. The van der Waals surface area contributed by atoms with Crippen molar-refractivity contribution in [3.05, 3.63) is 200 Å². The number of aromatic nitrogens is 3. The zero-order valence-corrected chi connectivity index (χ0v) is 32.2. The lowest BCUT2D eigenvalue weighted by molar-refractivity contribution is 0.669. The molecule has 0 radical (unpaired) electrons. The minimum atomic E-state index is 0.555. The summed E-state index contributed by atoms with van der Waals surface area (Å²) in [6.45, 7) is 0. The Morgan fingerprint density at radius 1 is 0.250 bits per heavy atom. The van der Waals surface area contributed by atoms with E-state index in [4.69, 9.17) is 23.8 Å². The van der Waals surface area contributed by atoms with Gasteiger partial charge in [-0.05, 0) is 68.9 Å². The molecule has 0 aliphatic carbocycles. The Labute approximate surface area is 344 Å². The van der Waals surface area contributed by atoms with Crippen LogP contribution in [0.1, 0.15) is 0 Å². The maximum absolute atomic E-state index is 6.86. The number of nitrogens with zero attached hydrogens (tertiary/aromatic N) is 3. The molecule has 3 heterocycles. The molecule has 0 bridgehead atoms. The second-order valence-electron chi connectivity index (χ2n) is 15.1. The van der Waals surface area contributed by atoms with Crippen molar-refractivity contribution in [2.24, 2.45) is 0 Å². The third-order valence-corrected chi connectivity index (χ3v) is 11.6. The smallest absolute Gasteiger partial charge is 0.164 e. The fourth-order valence-corrected chi connectivity index (χ4v) is 8.78. The van der Waals surface area contributed by atoms with Crippen molar-refractivity contribution in [1.82, 2.24) is 15.0 Å². The number of furan rings is 2. The summed E-state index contributed by atoms with van der Waals surface area (Å²) in [4.78, 5) is 15.8. The number of hydrogen-bond acceptors (Lipinski definition) is 5. The SMILES string of the molecule is c1ccc(-c2ccc(-c3nc(-c4cccc5oc6ccccc6c45)nc(-c4ccc(-c5ccc(-c6ccccc6)c6ccccc56)c5oc6ccccc6c45)n3)cc2)cc1. The number of benzene rings is 9. The van der Waals surface area contributed by atoms with Crippen molar-refractivity contribution in [2.75, 3.05) is 0 Å². The molecular formula is C55H33N3O2. The summed E-state index contributed by atoms with van der Waals surface area (Å²) in [6.07, 6.45) is 0. The summed E-state index contributed by atoms with van der Waals surface area (Å²) in [7, 11) is 0. The van der Waals surface area contributed by atoms with Gasteiger partial charge in [0, 0.05) is 43.8 Å². The van der Waals surface area contributed by atoms with Crippen LogP contribution in [0, 0.1) is 0 Å². The molecule has 12 aromatic rings. The molecule has 12 rings (SSSR count). The molecule has 5 heteroatoms. The van der Waals surface area contributed by atoms with E-state index in [1.54, 1.807) is 0 Å². The monoisotopic (exact) mass is 767 g/mol. The second-order valence-corrected chi connectivity index (χ2v) is 15.1. The van der Waals surface area contributed by atoms with Crippen LogP contribution in [0.5, 0.6) is 0 Å². The van der Waals surface area contributed by atoms with Gasteiger partial charge >= 0.3 is 0 Å². The molecular weight excluding hydrogens is 735 g/mol. The molecule has 280 valence electrons. The van der Waals surface area contributed by atoms with E-state index in [1.165, 1.54) is 16.5 Å². The summed E-state index contributed by atoms with van der Waals surface area (Å²) in [5.41, 5.74) is 12.5. The van der Waals surface area contributed by atoms with Gasteiger partial charge in [0.15, 0.2) is 17.5 Å². The van der Waals surface area contributed by atoms with Crippen molar-refractivity contribution in [2.45, 2.75) is 0 Å². The van der Waals surface area contributed by atoms with Gasteiger partial charge in [0.05, 0.1) is 0 Å². The molecule has 0 amide bonds. The Morgan fingerprint density at radius 2 is 0.717 bits per heavy atom. The summed E-state index contributed by atoms with van der Waals surface area (Å²) in [5, 5.41) is 6.26. The van der Waals surface area contributed by atoms with E-state index in [2.05, 4.69) is 152 Å².